The molecule has 0 radical (unpaired) electrons. The third-order valence-corrected chi connectivity index (χ3v) is 6.63. The number of hydrogen-bond donors (Lipinski definition) is 2. The minimum Gasteiger partial charge on any atom is -0.460 e. The fourth-order valence-electron chi connectivity index (χ4n) is 3.83. The maximum absolute atomic E-state index is 13.1. The van der Waals surface area contributed by atoms with E-state index < -0.39 is 11.9 Å². The number of esters is 1. The van der Waals surface area contributed by atoms with Gasteiger partial charge in [-0.2, -0.15) is 0 Å². The molecule has 0 aliphatic heterocycles. The van der Waals surface area contributed by atoms with Gasteiger partial charge in [-0.05, 0) is 30.7 Å². The Hall–Kier alpha value is -3.53. The molecule has 9 heteroatoms. The van der Waals surface area contributed by atoms with Crippen LogP contribution in [0, 0.1) is 6.92 Å². The van der Waals surface area contributed by atoms with Crippen molar-refractivity contribution in [2.75, 3.05) is 39.2 Å². The molecule has 0 aliphatic carbocycles. The lowest BCUT2D eigenvalue weighted by Crippen LogP contribution is -2.34. The van der Waals surface area contributed by atoms with Gasteiger partial charge in [0.1, 0.15) is 11.6 Å². The lowest BCUT2D eigenvalue weighted by atomic mass is 9.97. The third-order valence-electron chi connectivity index (χ3n) is 5.41. The Morgan fingerprint density at radius 2 is 1.57 bits per heavy atom. The van der Waals surface area contributed by atoms with Gasteiger partial charge in [-0.1, -0.05) is 60.7 Å². The van der Waals surface area contributed by atoms with E-state index in [1.165, 1.54) is 7.11 Å². The number of hydrogen-bond acceptors (Lipinski definition) is 7. The van der Waals surface area contributed by atoms with Crippen LogP contribution in [0.15, 0.2) is 60.7 Å². The molecule has 0 saturated carbocycles. The first-order chi connectivity index (χ1) is 16.8. The molecular formula is C26H29N3O5S. The van der Waals surface area contributed by atoms with E-state index in [-0.39, 0.29) is 47.1 Å². The summed E-state index contributed by atoms with van der Waals surface area (Å²) < 4.78 is 10.1. The molecule has 2 amide bonds. The van der Waals surface area contributed by atoms with Gasteiger partial charge >= 0.3 is 5.97 Å². The second-order valence-corrected chi connectivity index (χ2v) is 8.96. The summed E-state index contributed by atoms with van der Waals surface area (Å²) in [6.07, 6.45) is 0. The summed E-state index contributed by atoms with van der Waals surface area (Å²) in [5.41, 5.74) is 8.06. The number of anilines is 1. The highest BCUT2D eigenvalue weighted by atomic mass is 32.1. The number of amides is 2. The molecule has 0 aliphatic rings. The summed E-state index contributed by atoms with van der Waals surface area (Å²) in [5, 5.41) is 3.01. The molecule has 0 atom stereocenters. The maximum atomic E-state index is 13.1. The van der Waals surface area contributed by atoms with Crippen LogP contribution in [-0.2, 0) is 14.3 Å². The number of primary amides is 1. The molecule has 0 fully saturated rings. The van der Waals surface area contributed by atoms with E-state index in [9.17, 15) is 14.4 Å². The van der Waals surface area contributed by atoms with Gasteiger partial charge in [0.05, 0.1) is 29.6 Å². The number of ether oxygens (including phenoxy) is 2. The lowest BCUT2D eigenvalue weighted by Gasteiger charge is -2.28. The van der Waals surface area contributed by atoms with Gasteiger partial charge in [-0.15, -0.1) is 11.3 Å². The minimum absolute atomic E-state index is 0.0372. The molecule has 35 heavy (non-hydrogen) atoms. The van der Waals surface area contributed by atoms with Crippen LogP contribution in [0.5, 0.6) is 0 Å². The number of benzene rings is 2. The van der Waals surface area contributed by atoms with Crippen molar-refractivity contribution < 1.29 is 23.9 Å². The Morgan fingerprint density at radius 3 is 2.09 bits per heavy atom. The predicted octanol–water partition coefficient (Wildman–Crippen LogP) is 3.62. The number of rotatable bonds is 11. The summed E-state index contributed by atoms with van der Waals surface area (Å²) in [6.45, 7) is 1.91. The first kappa shape index (κ1) is 26.1. The van der Waals surface area contributed by atoms with Crippen LogP contribution in [0.4, 0.5) is 5.00 Å². The van der Waals surface area contributed by atoms with Crippen molar-refractivity contribution >= 4 is 34.1 Å². The molecule has 1 aromatic heterocycles. The van der Waals surface area contributed by atoms with Gasteiger partial charge in [-0.3, -0.25) is 14.5 Å². The minimum atomic E-state index is -0.677. The second kappa shape index (κ2) is 12.3. The molecular weight excluding hydrogens is 466 g/mol. The third kappa shape index (κ3) is 6.54. The van der Waals surface area contributed by atoms with Gasteiger partial charge in [0.2, 0.25) is 5.91 Å². The molecule has 0 spiro atoms. The molecule has 8 nitrogen and oxygen atoms in total. The molecule has 1 heterocycles. The number of nitrogens with two attached hydrogens (primary N) is 1. The van der Waals surface area contributed by atoms with Crippen LogP contribution in [0.2, 0.25) is 0 Å². The van der Waals surface area contributed by atoms with E-state index in [2.05, 4.69) is 5.32 Å². The van der Waals surface area contributed by atoms with E-state index in [0.717, 1.165) is 22.5 Å². The summed E-state index contributed by atoms with van der Waals surface area (Å²) in [6, 6.07) is 19.6. The number of carbonyl (C=O) groups excluding carboxylic acids is 3. The fraction of sp³-hybridized carbons (Fsp3) is 0.269. The van der Waals surface area contributed by atoms with Crippen LogP contribution in [-0.4, -0.2) is 56.6 Å². The zero-order valence-electron chi connectivity index (χ0n) is 19.9. The Morgan fingerprint density at radius 1 is 1.00 bits per heavy atom. The number of nitrogens with one attached hydrogen (secondary N) is 1. The number of methoxy groups -OCH3 is 1. The SMILES string of the molecule is COCCOC(=O)c1c(NC(=O)CN(C)C(c2ccccc2)c2ccccc2)sc(C(N)=O)c1C. The number of thiophene rings is 1. The Bertz CT molecular complexity index is 1120. The summed E-state index contributed by atoms with van der Waals surface area (Å²) in [7, 11) is 3.36. The van der Waals surface area contributed by atoms with Crippen molar-refractivity contribution in [3.8, 4) is 0 Å². The molecule has 0 unspecified atom stereocenters. The lowest BCUT2D eigenvalue weighted by molar-refractivity contribution is -0.117. The second-order valence-electron chi connectivity index (χ2n) is 7.94. The maximum Gasteiger partial charge on any atom is 0.341 e. The fourth-order valence-corrected chi connectivity index (χ4v) is 4.89. The number of likely N-dealkylation sites (N-methyl/N-ethyl adjacent to an activating group) is 1. The van der Waals surface area contributed by atoms with Gasteiger partial charge in [-0.25, -0.2) is 4.79 Å². The Balaban J connectivity index is 1.83. The van der Waals surface area contributed by atoms with E-state index in [1.807, 2.05) is 72.6 Å². The standard InChI is InChI=1S/C26H29N3O5S/c1-17-21(26(32)34-15-14-33-3)25(35-23(17)24(27)31)28-20(30)16-29(2)22(18-10-6-4-7-11-18)19-12-8-5-9-13-19/h4-13,22H,14-16H2,1-3H3,(H2,27,31)(H,28,30). The largest absolute Gasteiger partial charge is 0.460 e. The van der Waals surface area contributed by atoms with Gasteiger partial charge in [0.25, 0.3) is 5.91 Å². The monoisotopic (exact) mass is 495 g/mol. The zero-order chi connectivity index (χ0) is 25.4. The summed E-state index contributed by atoms with van der Waals surface area (Å²) >= 11 is 0.961. The number of nitrogens with zero attached hydrogens (tertiary/aromatic N) is 1. The van der Waals surface area contributed by atoms with Crippen LogP contribution >= 0.6 is 11.3 Å². The Kier molecular flexibility index (Phi) is 9.13. The van der Waals surface area contributed by atoms with Crippen molar-refractivity contribution in [1.82, 2.24) is 4.90 Å². The van der Waals surface area contributed by atoms with Crippen LogP contribution in [0.3, 0.4) is 0 Å². The quantitative estimate of drug-likeness (QED) is 0.311. The smallest absolute Gasteiger partial charge is 0.341 e. The zero-order valence-corrected chi connectivity index (χ0v) is 20.8. The van der Waals surface area contributed by atoms with Crippen molar-refractivity contribution in [2.24, 2.45) is 5.73 Å². The molecule has 0 bridgehead atoms. The predicted molar refractivity (Wildman–Crippen MR) is 136 cm³/mol. The van der Waals surface area contributed by atoms with E-state index in [4.69, 9.17) is 15.2 Å². The van der Waals surface area contributed by atoms with Crippen molar-refractivity contribution in [2.45, 2.75) is 13.0 Å². The van der Waals surface area contributed by atoms with Crippen LogP contribution in [0.1, 0.15) is 42.8 Å². The van der Waals surface area contributed by atoms with Crippen LogP contribution < -0.4 is 11.1 Å². The van der Waals surface area contributed by atoms with Gasteiger partial charge < -0.3 is 20.5 Å². The van der Waals surface area contributed by atoms with Crippen molar-refractivity contribution in [3.05, 3.63) is 87.8 Å². The molecule has 0 saturated heterocycles. The molecule has 3 aromatic rings. The normalized spacial score (nSPS) is 11.0. The first-order valence-electron chi connectivity index (χ1n) is 11.0. The molecule has 184 valence electrons. The average Bonchev–Trinajstić information content (AvgIpc) is 3.16. The van der Waals surface area contributed by atoms with E-state index >= 15 is 0 Å². The first-order valence-corrected chi connectivity index (χ1v) is 11.8. The summed E-state index contributed by atoms with van der Waals surface area (Å²) in [5.74, 6) is -1.67. The highest BCUT2D eigenvalue weighted by Crippen LogP contribution is 2.34. The number of carbonyl (C=O) groups is 3. The summed E-state index contributed by atoms with van der Waals surface area (Å²) in [4.78, 5) is 39.8. The van der Waals surface area contributed by atoms with Crippen molar-refractivity contribution in [3.63, 3.8) is 0 Å². The van der Waals surface area contributed by atoms with Crippen molar-refractivity contribution in [1.29, 1.82) is 0 Å². The van der Waals surface area contributed by atoms with Gasteiger partial charge in [0, 0.05) is 7.11 Å². The molecule has 3 rings (SSSR count). The molecule has 2 aromatic carbocycles. The average molecular weight is 496 g/mol. The van der Waals surface area contributed by atoms with Gasteiger partial charge in [0.15, 0.2) is 0 Å². The molecule has 3 N–H and O–H groups in total. The Labute approximate surface area is 208 Å². The van der Waals surface area contributed by atoms with E-state index in [0.29, 0.717) is 5.56 Å². The highest BCUT2D eigenvalue weighted by molar-refractivity contribution is 7.18. The highest BCUT2D eigenvalue weighted by Gasteiger charge is 2.27. The van der Waals surface area contributed by atoms with E-state index in [1.54, 1.807) is 6.92 Å². The topological polar surface area (TPSA) is 111 Å². The van der Waals surface area contributed by atoms with Crippen LogP contribution in [0.25, 0.3) is 0 Å².